The lowest BCUT2D eigenvalue weighted by Gasteiger charge is -2.06. The fraction of sp³-hybridized carbons (Fsp3) is 0.0588. The first kappa shape index (κ1) is 15.1. The topological polar surface area (TPSA) is 77.8 Å². The van der Waals surface area contributed by atoms with Crippen molar-refractivity contribution < 1.29 is 13.9 Å². The normalized spacial score (nSPS) is 11.7. The number of ether oxygens (including phenoxy) is 1. The highest BCUT2D eigenvalue weighted by molar-refractivity contribution is 6.32. The van der Waals surface area contributed by atoms with Crippen molar-refractivity contribution in [2.45, 2.75) is 0 Å². The van der Waals surface area contributed by atoms with Gasteiger partial charge in [0.2, 0.25) is 5.55 Å². The smallest absolute Gasteiger partial charge is 0.254 e. The molecular formula is C17H13ClN2O3. The van der Waals surface area contributed by atoms with Crippen LogP contribution in [0.2, 0.25) is 5.02 Å². The highest BCUT2D eigenvalue weighted by atomic mass is 35.5. The fourth-order valence-corrected chi connectivity index (χ4v) is 2.37. The average molecular weight is 329 g/mol. The van der Waals surface area contributed by atoms with Gasteiger partial charge in [0.25, 0.3) is 5.91 Å². The molecule has 6 heteroatoms. The van der Waals surface area contributed by atoms with Crippen LogP contribution >= 0.6 is 11.6 Å². The van der Waals surface area contributed by atoms with Gasteiger partial charge in [-0.1, -0.05) is 35.9 Å². The number of para-hydroxylation sites is 2. The largest absolute Gasteiger partial charge is 0.493 e. The Morgan fingerprint density at radius 2 is 2.00 bits per heavy atom. The summed E-state index contributed by atoms with van der Waals surface area (Å²) in [7, 11) is 1.54. The van der Waals surface area contributed by atoms with Crippen molar-refractivity contribution in [3.63, 3.8) is 0 Å². The van der Waals surface area contributed by atoms with Gasteiger partial charge in [0, 0.05) is 5.39 Å². The molecule has 0 fully saturated rings. The maximum absolute atomic E-state index is 11.7. The minimum Gasteiger partial charge on any atom is -0.493 e. The highest BCUT2D eigenvalue weighted by Crippen LogP contribution is 2.26. The van der Waals surface area contributed by atoms with Crippen molar-refractivity contribution in [1.82, 2.24) is 0 Å². The summed E-state index contributed by atoms with van der Waals surface area (Å²) < 4.78 is 11.1. The number of halogens is 1. The molecule has 0 aliphatic heterocycles. The van der Waals surface area contributed by atoms with E-state index in [1.807, 2.05) is 0 Å². The molecule has 2 aromatic carbocycles. The van der Waals surface area contributed by atoms with Gasteiger partial charge in [-0.2, -0.15) is 0 Å². The molecule has 3 aromatic rings. The van der Waals surface area contributed by atoms with E-state index >= 15 is 0 Å². The Hall–Kier alpha value is -2.79. The third-order valence-electron chi connectivity index (χ3n) is 3.30. The van der Waals surface area contributed by atoms with Crippen LogP contribution in [0.25, 0.3) is 11.0 Å². The summed E-state index contributed by atoms with van der Waals surface area (Å²) in [5.41, 5.74) is 6.66. The maximum atomic E-state index is 11.7. The van der Waals surface area contributed by atoms with Gasteiger partial charge in [0.15, 0.2) is 11.3 Å². The molecule has 0 saturated carbocycles. The Balaban J connectivity index is 2.36. The Bertz CT molecular complexity index is 963. The summed E-state index contributed by atoms with van der Waals surface area (Å²) in [4.78, 5) is 16.1. The first-order chi connectivity index (χ1) is 11.1. The molecule has 1 aromatic heterocycles. The van der Waals surface area contributed by atoms with Crippen LogP contribution in [0.3, 0.4) is 0 Å². The van der Waals surface area contributed by atoms with Gasteiger partial charge in [-0.25, -0.2) is 4.99 Å². The summed E-state index contributed by atoms with van der Waals surface area (Å²) in [6.45, 7) is 0. The molecule has 0 bridgehead atoms. The second kappa shape index (κ2) is 6.14. The Morgan fingerprint density at radius 1 is 1.22 bits per heavy atom. The maximum Gasteiger partial charge on any atom is 0.254 e. The summed E-state index contributed by atoms with van der Waals surface area (Å²) in [6.07, 6.45) is 0. The van der Waals surface area contributed by atoms with Crippen molar-refractivity contribution in [2.75, 3.05) is 7.11 Å². The molecule has 2 N–H and O–H groups in total. The number of hydrogen-bond acceptors (Lipinski definition) is 4. The highest BCUT2D eigenvalue weighted by Gasteiger charge is 2.12. The molecule has 3 rings (SSSR count). The van der Waals surface area contributed by atoms with Crippen molar-refractivity contribution in [1.29, 1.82) is 0 Å². The molecule has 1 amide bonds. The van der Waals surface area contributed by atoms with Crippen LogP contribution < -0.4 is 16.0 Å². The molecule has 23 heavy (non-hydrogen) atoms. The number of hydrogen-bond donors (Lipinski definition) is 1. The van der Waals surface area contributed by atoms with E-state index in [0.29, 0.717) is 27.4 Å². The minimum atomic E-state index is -0.635. The summed E-state index contributed by atoms with van der Waals surface area (Å²) in [6, 6.07) is 14.0. The monoisotopic (exact) mass is 328 g/mol. The van der Waals surface area contributed by atoms with Gasteiger partial charge in [-0.05, 0) is 24.3 Å². The van der Waals surface area contributed by atoms with Crippen LogP contribution in [0, 0.1) is 0 Å². The van der Waals surface area contributed by atoms with Gasteiger partial charge in [0.05, 0.1) is 17.8 Å². The Morgan fingerprint density at radius 3 is 2.70 bits per heavy atom. The second-order valence-corrected chi connectivity index (χ2v) is 5.18. The molecule has 0 atom stereocenters. The third-order valence-corrected chi connectivity index (χ3v) is 3.62. The quantitative estimate of drug-likeness (QED) is 0.800. The molecule has 1 heterocycles. The lowest BCUT2D eigenvalue weighted by Crippen LogP contribution is -2.21. The Labute approximate surface area is 137 Å². The Kier molecular flexibility index (Phi) is 4.04. The number of amides is 1. The van der Waals surface area contributed by atoms with E-state index in [2.05, 4.69) is 4.99 Å². The van der Waals surface area contributed by atoms with Gasteiger partial charge in [0.1, 0.15) is 5.56 Å². The first-order valence-electron chi connectivity index (χ1n) is 6.80. The van der Waals surface area contributed by atoms with Crippen LogP contribution in [0.4, 0.5) is 5.69 Å². The van der Waals surface area contributed by atoms with E-state index in [1.165, 1.54) is 7.11 Å². The number of nitrogens with two attached hydrogens (primary N) is 1. The van der Waals surface area contributed by atoms with Crippen molar-refractivity contribution in [3.05, 3.63) is 64.7 Å². The molecular weight excluding hydrogens is 316 g/mol. The number of nitrogens with zero attached hydrogens (tertiary/aromatic N) is 1. The van der Waals surface area contributed by atoms with Crippen molar-refractivity contribution >= 4 is 34.2 Å². The van der Waals surface area contributed by atoms with Crippen LogP contribution in [0.5, 0.6) is 5.75 Å². The molecule has 0 aliphatic carbocycles. The standard InChI is InChI=1S/C17H13ClN2O3/c1-22-14-8-4-5-10-9-11(16(19)21)17(23-15(10)14)20-13-7-3-2-6-12(13)18/h2-9H,1H3,(H2,19,21). The second-order valence-electron chi connectivity index (χ2n) is 4.77. The average Bonchev–Trinajstić information content (AvgIpc) is 2.55. The van der Waals surface area contributed by atoms with Gasteiger partial charge >= 0.3 is 0 Å². The number of methoxy groups -OCH3 is 1. The van der Waals surface area contributed by atoms with Crippen molar-refractivity contribution in [3.8, 4) is 5.75 Å². The van der Waals surface area contributed by atoms with Gasteiger partial charge in [-0.15, -0.1) is 0 Å². The fourth-order valence-electron chi connectivity index (χ4n) is 2.20. The molecule has 116 valence electrons. The predicted octanol–water partition coefficient (Wildman–Crippen LogP) is 3.43. The number of carbonyl (C=O) groups excluding carboxylic acids is 1. The first-order valence-corrected chi connectivity index (χ1v) is 7.18. The zero-order valence-electron chi connectivity index (χ0n) is 12.2. The van der Waals surface area contributed by atoms with E-state index in [-0.39, 0.29) is 11.1 Å². The molecule has 0 radical (unpaired) electrons. The number of primary amides is 1. The van der Waals surface area contributed by atoms with E-state index in [0.717, 1.165) is 0 Å². The lowest BCUT2D eigenvalue weighted by molar-refractivity contribution is 0.0996. The van der Waals surface area contributed by atoms with Crippen LogP contribution in [-0.2, 0) is 0 Å². The molecule has 5 nitrogen and oxygen atoms in total. The van der Waals surface area contributed by atoms with E-state index in [9.17, 15) is 4.79 Å². The number of benzene rings is 2. The number of fused-ring (bicyclic) bond motifs is 1. The van der Waals surface area contributed by atoms with Crippen molar-refractivity contribution in [2.24, 2.45) is 10.7 Å². The van der Waals surface area contributed by atoms with E-state index in [1.54, 1.807) is 48.5 Å². The number of carbonyl (C=O) groups is 1. The van der Waals surface area contributed by atoms with Crippen LogP contribution in [-0.4, -0.2) is 13.0 Å². The van der Waals surface area contributed by atoms with Gasteiger partial charge in [-0.3, -0.25) is 4.79 Å². The van der Waals surface area contributed by atoms with Crippen LogP contribution in [0.15, 0.2) is 57.9 Å². The SMILES string of the molecule is COc1cccc2cc(C(N)=O)c(=Nc3ccccc3Cl)oc12. The predicted molar refractivity (Wildman–Crippen MR) is 88.0 cm³/mol. The molecule has 0 aliphatic rings. The van der Waals surface area contributed by atoms with E-state index in [4.69, 9.17) is 26.5 Å². The summed E-state index contributed by atoms with van der Waals surface area (Å²) >= 11 is 6.11. The zero-order chi connectivity index (χ0) is 16.4. The molecule has 0 spiro atoms. The molecule has 0 saturated heterocycles. The number of rotatable bonds is 3. The third kappa shape index (κ3) is 2.91. The van der Waals surface area contributed by atoms with Crippen LogP contribution in [0.1, 0.15) is 10.4 Å². The van der Waals surface area contributed by atoms with E-state index < -0.39 is 5.91 Å². The lowest BCUT2D eigenvalue weighted by atomic mass is 10.1. The summed E-state index contributed by atoms with van der Waals surface area (Å²) in [5.74, 6) is -0.0987. The summed E-state index contributed by atoms with van der Waals surface area (Å²) in [5, 5.41) is 1.13. The molecule has 0 unspecified atom stereocenters. The zero-order valence-corrected chi connectivity index (χ0v) is 13.0. The van der Waals surface area contributed by atoms with Gasteiger partial charge < -0.3 is 14.9 Å². The minimum absolute atomic E-state index is 0.0857.